The Balaban J connectivity index is 3.13. The van der Waals surface area contributed by atoms with Crippen LogP contribution in [0, 0.1) is 6.92 Å². The second kappa shape index (κ2) is 3.48. The van der Waals surface area contributed by atoms with Gasteiger partial charge in [-0.05, 0) is 22.9 Å². The van der Waals surface area contributed by atoms with Gasteiger partial charge in [-0.15, -0.1) is 0 Å². The molecule has 0 aliphatic heterocycles. The van der Waals surface area contributed by atoms with E-state index in [-0.39, 0.29) is 11.7 Å². The van der Waals surface area contributed by atoms with Crippen LogP contribution in [0.2, 0.25) is 0 Å². The maximum atomic E-state index is 8.32. The number of nitrogens with two attached hydrogens (primary N) is 1. The van der Waals surface area contributed by atoms with Crippen LogP contribution in [-0.2, 0) is 0 Å². The molecule has 0 unspecified atom stereocenters. The molecule has 0 radical (unpaired) electrons. The van der Waals surface area contributed by atoms with E-state index in [9.17, 15) is 0 Å². The molecule has 1 heterocycles. The lowest BCUT2D eigenvalue weighted by atomic mass is 10.4. The molecule has 1 aromatic heterocycles. The Morgan fingerprint density at radius 1 is 1.75 bits per heavy atom. The second-order valence-electron chi connectivity index (χ2n) is 2.11. The SMILES string of the molecule is Cc1nc(C(N)=NO)ncc1Br. The third kappa shape index (κ3) is 1.70. The van der Waals surface area contributed by atoms with Gasteiger partial charge in [0.1, 0.15) is 0 Å². The summed E-state index contributed by atoms with van der Waals surface area (Å²) in [6.07, 6.45) is 1.55. The third-order valence-electron chi connectivity index (χ3n) is 1.26. The van der Waals surface area contributed by atoms with E-state index in [0.29, 0.717) is 0 Å². The number of aromatic nitrogens is 2. The van der Waals surface area contributed by atoms with Crippen molar-refractivity contribution in [3.05, 3.63) is 22.2 Å². The van der Waals surface area contributed by atoms with Crippen molar-refractivity contribution in [1.82, 2.24) is 9.97 Å². The Hall–Kier alpha value is -1.17. The lowest BCUT2D eigenvalue weighted by Gasteiger charge is -1.99. The molecule has 0 fully saturated rings. The topological polar surface area (TPSA) is 84.4 Å². The van der Waals surface area contributed by atoms with Gasteiger partial charge in [-0.2, -0.15) is 0 Å². The lowest BCUT2D eigenvalue weighted by Crippen LogP contribution is -2.17. The molecule has 5 nitrogen and oxygen atoms in total. The van der Waals surface area contributed by atoms with Gasteiger partial charge in [-0.1, -0.05) is 5.16 Å². The van der Waals surface area contributed by atoms with Crippen LogP contribution in [0.15, 0.2) is 15.8 Å². The molecule has 0 saturated carbocycles. The maximum Gasteiger partial charge on any atom is 0.207 e. The summed E-state index contributed by atoms with van der Waals surface area (Å²) in [5.41, 5.74) is 6.02. The van der Waals surface area contributed by atoms with Crippen LogP contribution >= 0.6 is 15.9 Å². The maximum absolute atomic E-state index is 8.32. The first-order valence-electron chi connectivity index (χ1n) is 3.12. The molecule has 12 heavy (non-hydrogen) atoms. The number of nitrogens with zero attached hydrogens (tertiary/aromatic N) is 3. The van der Waals surface area contributed by atoms with Gasteiger partial charge in [0.2, 0.25) is 5.84 Å². The van der Waals surface area contributed by atoms with Crippen LogP contribution in [0.3, 0.4) is 0 Å². The zero-order valence-electron chi connectivity index (χ0n) is 6.32. The molecule has 0 aliphatic carbocycles. The summed E-state index contributed by atoms with van der Waals surface area (Å²) >= 11 is 3.23. The molecule has 0 spiro atoms. The third-order valence-corrected chi connectivity index (χ3v) is 2.03. The van der Waals surface area contributed by atoms with Gasteiger partial charge in [0.25, 0.3) is 0 Å². The van der Waals surface area contributed by atoms with Crippen LogP contribution in [-0.4, -0.2) is 21.0 Å². The average molecular weight is 231 g/mol. The van der Waals surface area contributed by atoms with Crippen molar-refractivity contribution >= 4 is 21.8 Å². The summed E-state index contributed by atoms with van der Waals surface area (Å²) in [6, 6.07) is 0. The van der Waals surface area contributed by atoms with E-state index in [0.717, 1.165) is 10.2 Å². The Labute approximate surface area is 77.5 Å². The van der Waals surface area contributed by atoms with Gasteiger partial charge < -0.3 is 10.9 Å². The van der Waals surface area contributed by atoms with Crippen molar-refractivity contribution in [2.75, 3.05) is 0 Å². The van der Waals surface area contributed by atoms with Crippen molar-refractivity contribution in [3.8, 4) is 0 Å². The van der Waals surface area contributed by atoms with Crippen LogP contribution < -0.4 is 5.73 Å². The molecule has 64 valence electrons. The van der Waals surface area contributed by atoms with E-state index in [1.807, 2.05) is 0 Å². The molecule has 3 N–H and O–H groups in total. The van der Waals surface area contributed by atoms with Crippen molar-refractivity contribution in [2.24, 2.45) is 10.9 Å². The van der Waals surface area contributed by atoms with Gasteiger partial charge in [-0.25, -0.2) is 9.97 Å². The predicted octanol–water partition coefficient (Wildman–Crippen LogP) is 0.642. The highest BCUT2D eigenvalue weighted by Gasteiger charge is 2.04. The lowest BCUT2D eigenvalue weighted by molar-refractivity contribution is 0.318. The highest BCUT2D eigenvalue weighted by molar-refractivity contribution is 9.10. The minimum absolute atomic E-state index is 0.0920. The van der Waals surface area contributed by atoms with Gasteiger partial charge in [-0.3, -0.25) is 0 Å². The molecule has 0 aliphatic rings. The number of oxime groups is 1. The number of aryl methyl sites for hydroxylation is 1. The number of rotatable bonds is 1. The zero-order chi connectivity index (χ0) is 9.14. The van der Waals surface area contributed by atoms with Crippen molar-refractivity contribution in [1.29, 1.82) is 0 Å². The van der Waals surface area contributed by atoms with Gasteiger partial charge in [0.05, 0.1) is 10.2 Å². The normalized spacial score (nSPS) is 11.7. The van der Waals surface area contributed by atoms with Gasteiger partial charge >= 0.3 is 0 Å². The van der Waals surface area contributed by atoms with Crippen molar-refractivity contribution < 1.29 is 5.21 Å². The van der Waals surface area contributed by atoms with E-state index in [1.165, 1.54) is 0 Å². The molecule has 1 aromatic rings. The molecule has 0 amide bonds. The molecule has 1 rings (SSSR count). The largest absolute Gasteiger partial charge is 0.409 e. The standard InChI is InChI=1S/C6H7BrN4O/c1-3-4(7)2-9-6(10-3)5(8)11-12/h2,12H,1H3,(H2,8,11). The molecular formula is C6H7BrN4O. The Morgan fingerprint density at radius 2 is 2.42 bits per heavy atom. The van der Waals surface area contributed by atoms with Crippen LogP contribution in [0.1, 0.15) is 11.5 Å². The van der Waals surface area contributed by atoms with Crippen molar-refractivity contribution in [2.45, 2.75) is 6.92 Å². The summed E-state index contributed by atoms with van der Waals surface area (Å²) in [6.45, 7) is 1.79. The first-order valence-corrected chi connectivity index (χ1v) is 3.91. The fourth-order valence-electron chi connectivity index (χ4n) is 0.620. The summed E-state index contributed by atoms with van der Waals surface area (Å²) in [4.78, 5) is 7.81. The monoisotopic (exact) mass is 230 g/mol. The van der Waals surface area contributed by atoms with E-state index in [4.69, 9.17) is 10.9 Å². The summed E-state index contributed by atoms with van der Waals surface area (Å²) < 4.78 is 0.789. The zero-order valence-corrected chi connectivity index (χ0v) is 7.91. The predicted molar refractivity (Wildman–Crippen MR) is 47.0 cm³/mol. The number of hydrogen-bond donors (Lipinski definition) is 2. The fraction of sp³-hybridized carbons (Fsp3) is 0.167. The Kier molecular flexibility index (Phi) is 2.59. The number of halogens is 1. The minimum atomic E-state index is -0.0920. The smallest absolute Gasteiger partial charge is 0.207 e. The van der Waals surface area contributed by atoms with Crippen LogP contribution in [0.25, 0.3) is 0 Å². The average Bonchev–Trinajstić information content (AvgIpc) is 2.08. The molecule has 0 bridgehead atoms. The number of amidine groups is 1. The van der Waals surface area contributed by atoms with E-state index in [1.54, 1.807) is 13.1 Å². The number of hydrogen-bond acceptors (Lipinski definition) is 4. The van der Waals surface area contributed by atoms with E-state index >= 15 is 0 Å². The molecule has 6 heteroatoms. The summed E-state index contributed by atoms with van der Waals surface area (Å²) in [5.74, 6) is 0.129. The summed E-state index contributed by atoms with van der Waals surface area (Å²) in [7, 11) is 0. The second-order valence-corrected chi connectivity index (χ2v) is 2.97. The molecule has 0 atom stereocenters. The quantitative estimate of drug-likeness (QED) is 0.321. The van der Waals surface area contributed by atoms with Gasteiger partial charge in [0.15, 0.2) is 5.82 Å². The highest BCUT2D eigenvalue weighted by Crippen LogP contribution is 2.10. The molecular weight excluding hydrogens is 224 g/mol. The highest BCUT2D eigenvalue weighted by atomic mass is 79.9. The Morgan fingerprint density at radius 3 is 2.92 bits per heavy atom. The first kappa shape index (κ1) is 8.92. The minimum Gasteiger partial charge on any atom is -0.409 e. The van der Waals surface area contributed by atoms with Gasteiger partial charge in [0, 0.05) is 6.20 Å². The van der Waals surface area contributed by atoms with Crippen LogP contribution in [0.4, 0.5) is 0 Å². The van der Waals surface area contributed by atoms with E-state index < -0.39 is 0 Å². The fourth-order valence-corrected chi connectivity index (χ4v) is 0.812. The van der Waals surface area contributed by atoms with E-state index in [2.05, 4.69) is 31.1 Å². The molecule has 0 aromatic carbocycles. The van der Waals surface area contributed by atoms with Crippen LogP contribution in [0.5, 0.6) is 0 Å². The molecule has 0 saturated heterocycles. The first-order chi connectivity index (χ1) is 5.65. The Bertz CT molecular complexity index is 325. The van der Waals surface area contributed by atoms with Crippen molar-refractivity contribution in [3.63, 3.8) is 0 Å². The summed E-state index contributed by atoms with van der Waals surface area (Å²) in [5, 5.41) is 11.1.